The van der Waals surface area contributed by atoms with E-state index in [1.54, 1.807) is 17.2 Å². The molecule has 1 amide bonds. The molecule has 1 aliphatic carbocycles. The Hall–Kier alpha value is -4.01. The zero-order valence-electron chi connectivity index (χ0n) is 23.8. The second kappa shape index (κ2) is 11.0. The molecule has 6 rings (SSSR count). The number of halogens is 1. The lowest BCUT2D eigenvalue weighted by Gasteiger charge is -2.36. The number of rotatable bonds is 8. The highest BCUT2D eigenvalue weighted by molar-refractivity contribution is 9.10. The van der Waals surface area contributed by atoms with Gasteiger partial charge in [0.1, 0.15) is 11.8 Å². The minimum absolute atomic E-state index is 0.00445. The van der Waals surface area contributed by atoms with Gasteiger partial charge in [-0.2, -0.15) is 5.26 Å². The van der Waals surface area contributed by atoms with Gasteiger partial charge >= 0.3 is 0 Å². The minimum atomic E-state index is -0.464. The average Bonchev–Trinajstić information content (AvgIpc) is 3.68. The first kappa shape index (κ1) is 28.1. The fraction of sp³-hybridized carbons (Fsp3) is 0.387. The normalized spacial score (nSPS) is 16.1. The number of aliphatic hydroxyl groups excluding tert-OH is 1. The number of pyridine rings is 1. The van der Waals surface area contributed by atoms with E-state index in [1.807, 2.05) is 41.2 Å². The van der Waals surface area contributed by atoms with E-state index in [2.05, 4.69) is 68.7 Å². The van der Waals surface area contributed by atoms with Gasteiger partial charge in [-0.15, -0.1) is 5.10 Å². The Morgan fingerprint density at radius 3 is 2.71 bits per heavy atom. The van der Waals surface area contributed by atoms with Crippen molar-refractivity contribution in [3.05, 3.63) is 75.6 Å². The van der Waals surface area contributed by atoms with Gasteiger partial charge in [0.05, 0.1) is 41.2 Å². The Morgan fingerprint density at radius 2 is 2.02 bits per heavy atom. The lowest BCUT2D eigenvalue weighted by molar-refractivity contribution is 0.00589. The molecule has 0 spiro atoms. The number of nitrogens with zero attached hydrogens (tertiary/aromatic N) is 6. The van der Waals surface area contributed by atoms with Crippen molar-refractivity contribution in [3.8, 4) is 6.07 Å². The number of anilines is 2. The fourth-order valence-electron chi connectivity index (χ4n) is 5.06. The highest BCUT2D eigenvalue weighted by Crippen LogP contribution is 2.38. The van der Waals surface area contributed by atoms with Crippen LogP contribution in [-0.4, -0.2) is 61.6 Å². The van der Waals surface area contributed by atoms with E-state index >= 15 is 0 Å². The number of aromatic nitrogens is 4. The zero-order valence-corrected chi connectivity index (χ0v) is 25.4. The van der Waals surface area contributed by atoms with Crippen LogP contribution in [0.1, 0.15) is 72.9 Å². The molecule has 2 fully saturated rings. The van der Waals surface area contributed by atoms with Crippen molar-refractivity contribution in [2.24, 2.45) is 5.41 Å². The standard InChI is InChI=1S/C31H33BrN8O2/c1-31(2,3)17-35-27-20(12-33)13-34-29-24(27)10-21(11-25(29)32)36-28(26-16-40(38-37-26)22-7-8-22)18-5-4-6-19(9-18)30(42)39-14-23(41)15-39/h4-6,9-11,13,16,22-23,28,36,41H,7-8,14-15,17H2,1-3H3,(H,34,35)/t28-/m0/s1. The number of nitrogens with one attached hydrogen (secondary N) is 2. The molecule has 0 unspecified atom stereocenters. The molecule has 42 heavy (non-hydrogen) atoms. The van der Waals surface area contributed by atoms with Crippen molar-refractivity contribution in [2.75, 3.05) is 30.3 Å². The van der Waals surface area contributed by atoms with Gasteiger partial charge in [-0.3, -0.25) is 9.78 Å². The van der Waals surface area contributed by atoms with Gasteiger partial charge in [-0.1, -0.05) is 38.1 Å². The third-order valence-electron chi connectivity index (χ3n) is 7.51. The number of nitriles is 1. The lowest BCUT2D eigenvalue weighted by Crippen LogP contribution is -2.53. The Bertz CT molecular complexity index is 1700. The number of aliphatic hydroxyl groups is 1. The number of carbonyl (C=O) groups is 1. The Labute approximate surface area is 252 Å². The van der Waals surface area contributed by atoms with Crippen LogP contribution >= 0.6 is 15.9 Å². The van der Waals surface area contributed by atoms with Gasteiger partial charge in [-0.25, -0.2) is 4.68 Å². The number of hydrogen-bond acceptors (Lipinski definition) is 8. The maximum Gasteiger partial charge on any atom is 0.254 e. The van der Waals surface area contributed by atoms with Gasteiger partial charge in [0.2, 0.25) is 0 Å². The summed E-state index contributed by atoms with van der Waals surface area (Å²) in [5, 5.41) is 36.4. The molecule has 10 nitrogen and oxygen atoms in total. The topological polar surface area (TPSA) is 132 Å². The van der Waals surface area contributed by atoms with Crippen LogP contribution in [-0.2, 0) is 0 Å². The molecule has 1 aliphatic heterocycles. The third-order valence-corrected chi connectivity index (χ3v) is 8.12. The lowest BCUT2D eigenvalue weighted by atomic mass is 9.96. The summed E-state index contributed by atoms with van der Waals surface area (Å²) in [7, 11) is 0. The van der Waals surface area contributed by atoms with E-state index in [9.17, 15) is 15.2 Å². The summed E-state index contributed by atoms with van der Waals surface area (Å²) in [6.07, 6.45) is 5.28. The smallest absolute Gasteiger partial charge is 0.254 e. The Morgan fingerprint density at radius 1 is 1.24 bits per heavy atom. The molecule has 2 aromatic carbocycles. The number of carbonyl (C=O) groups excluding carboxylic acids is 1. The maximum atomic E-state index is 13.1. The first-order valence-corrected chi connectivity index (χ1v) is 14.9. The number of fused-ring (bicyclic) bond motifs is 1. The highest BCUT2D eigenvalue weighted by Gasteiger charge is 2.31. The summed E-state index contributed by atoms with van der Waals surface area (Å²) < 4.78 is 2.69. The Kier molecular flexibility index (Phi) is 7.37. The van der Waals surface area contributed by atoms with Crippen LogP contribution in [0.25, 0.3) is 10.9 Å². The summed E-state index contributed by atoms with van der Waals surface area (Å²) in [4.78, 5) is 19.3. The molecule has 3 N–H and O–H groups in total. The third kappa shape index (κ3) is 5.82. The number of amides is 1. The van der Waals surface area contributed by atoms with Crippen LogP contribution in [0.5, 0.6) is 0 Å². The van der Waals surface area contributed by atoms with Gasteiger partial charge in [0, 0.05) is 46.9 Å². The van der Waals surface area contributed by atoms with Gasteiger partial charge in [0.15, 0.2) is 0 Å². The monoisotopic (exact) mass is 628 g/mol. The average molecular weight is 630 g/mol. The molecule has 11 heteroatoms. The van der Waals surface area contributed by atoms with E-state index in [-0.39, 0.29) is 11.3 Å². The molecule has 2 aliphatic rings. The quantitative estimate of drug-likeness (QED) is 0.240. The summed E-state index contributed by atoms with van der Waals surface area (Å²) in [6.45, 7) is 7.78. The van der Waals surface area contributed by atoms with Crippen LogP contribution in [0.3, 0.4) is 0 Å². The molecular weight excluding hydrogens is 596 g/mol. The molecular formula is C31H33BrN8O2. The second-order valence-electron chi connectivity index (χ2n) is 12.3. The number of β-amino-alcohol motifs (C(OH)–C–C–N with tert-alkyl or cyclic N) is 1. The number of hydrogen-bond donors (Lipinski definition) is 3. The van der Waals surface area contributed by atoms with Crippen LogP contribution < -0.4 is 10.6 Å². The van der Waals surface area contributed by atoms with Crippen LogP contribution in [0.4, 0.5) is 11.4 Å². The van der Waals surface area contributed by atoms with E-state index in [4.69, 9.17) is 0 Å². The van der Waals surface area contributed by atoms with Gasteiger partial charge < -0.3 is 20.6 Å². The van der Waals surface area contributed by atoms with Crippen molar-refractivity contribution in [1.29, 1.82) is 5.26 Å². The minimum Gasteiger partial charge on any atom is -0.389 e. The van der Waals surface area contributed by atoms with Crippen molar-refractivity contribution >= 4 is 44.1 Å². The number of benzene rings is 2. The first-order valence-electron chi connectivity index (χ1n) is 14.1. The predicted octanol–water partition coefficient (Wildman–Crippen LogP) is 5.27. The summed E-state index contributed by atoms with van der Waals surface area (Å²) in [5.74, 6) is -0.111. The van der Waals surface area contributed by atoms with E-state index in [1.165, 1.54) is 0 Å². The van der Waals surface area contributed by atoms with Crippen molar-refractivity contribution in [3.63, 3.8) is 0 Å². The highest BCUT2D eigenvalue weighted by atomic mass is 79.9. The van der Waals surface area contributed by atoms with E-state index in [0.717, 1.165) is 50.8 Å². The summed E-state index contributed by atoms with van der Waals surface area (Å²) in [5.41, 5.74) is 4.90. The molecule has 2 aromatic heterocycles. The zero-order chi connectivity index (χ0) is 29.6. The second-order valence-corrected chi connectivity index (χ2v) is 13.2. The van der Waals surface area contributed by atoms with E-state index < -0.39 is 12.1 Å². The van der Waals surface area contributed by atoms with Gasteiger partial charge in [-0.05, 0) is 64.0 Å². The molecule has 216 valence electrons. The molecule has 4 aromatic rings. The van der Waals surface area contributed by atoms with Crippen molar-refractivity contribution in [1.82, 2.24) is 24.9 Å². The molecule has 1 saturated carbocycles. The van der Waals surface area contributed by atoms with Crippen LogP contribution in [0, 0.1) is 16.7 Å². The molecule has 1 atom stereocenters. The predicted molar refractivity (Wildman–Crippen MR) is 164 cm³/mol. The molecule has 1 saturated heterocycles. The molecule has 0 radical (unpaired) electrons. The fourth-order valence-corrected chi connectivity index (χ4v) is 5.62. The first-order chi connectivity index (χ1) is 20.1. The van der Waals surface area contributed by atoms with E-state index in [0.29, 0.717) is 36.8 Å². The molecule has 3 heterocycles. The summed E-state index contributed by atoms with van der Waals surface area (Å²) >= 11 is 3.70. The Balaban J connectivity index is 1.40. The number of likely N-dealkylation sites (tertiary alicyclic amines) is 1. The van der Waals surface area contributed by atoms with Gasteiger partial charge in [0.25, 0.3) is 5.91 Å². The van der Waals surface area contributed by atoms with Crippen LogP contribution in [0.2, 0.25) is 0 Å². The SMILES string of the molecule is CC(C)(C)CNc1c(C#N)cnc2c(Br)cc(N[C@@H](c3cccc(C(=O)N4CC(O)C4)c3)c3cn(C4CC4)nn3)cc12. The maximum absolute atomic E-state index is 13.1. The largest absolute Gasteiger partial charge is 0.389 e. The van der Waals surface area contributed by atoms with Crippen LogP contribution in [0.15, 0.2) is 53.3 Å². The molecule has 0 bridgehead atoms. The summed E-state index contributed by atoms with van der Waals surface area (Å²) in [6, 6.07) is 13.7. The van der Waals surface area contributed by atoms with Crippen molar-refractivity contribution in [2.45, 2.75) is 51.8 Å². The van der Waals surface area contributed by atoms with Crippen molar-refractivity contribution < 1.29 is 9.90 Å².